The van der Waals surface area contributed by atoms with Gasteiger partial charge in [-0.05, 0) is 30.5 Å². The Morgan fingerprint density at radius 2 is 2.00 bits per heavy atom. The monoisotopic (exact) mass is 266 g/mol. The Balaban J connectivity index is 2.53. The van der Waals surface area contributed by atoms with Crippen molar-refractivity contribution in [1.82, 2.24) is 24.7 Å². The molecule has 0 saturated heterocycles. The largest absolute Gasteiger partial charge is 0.357 e. The van der Waals surface area contributed by atoms with Crippen molar-refractivity contribution in [2.45, 2.75) is 26.7 Å². The molecule has 18 heavy (non-hydrogen) atoms. The molecule has 0 aliphatic carbocycles. The number of rotatable bonds is 4. The Labute approximate surface area is 110 Å². The van der Waals surface area contributed by atoms with Crippen LogP contribution in [0, 0.1) is 0 Å². The number of aryl methyl sites for hydroxylation is 2. The SMILES string of the molecule is CCc1cc(CC)n(-c2nc(Cl)nc(NC)n2)n1. The van der Waals surface area contributed by atoms with Crippen LogP contribution >= 0.6 is 11.6 Å². The van der Waals surface area contributed by atoms with E-state index in [-0.39, 0.29) is 5.28 Å². The summed E-state index contributed by atoms with van der Waals surface area (Å²) >= 11 is 5.87. The van der Waals surface area contributed by atoms with Crippen molar-refractivity contribution < 1.29 is 0 Å². The van der Waals surface area contributed by atoms with Gasteiger partial charge in [-0.2, -0.15) is 20.1 Å². The molecule has 0 fully saturated rings. The minimum atomic E-state index is 0.153. The van der Waals surface area contributed by atoms with Crippen LogP contribution in [0.4, 0.5) is 5.95 Å². The van der Waals surface area contributed by atoms with Gasteiger partial charge in [-0.15, -0.1) is 0 Å². The highest BCUT2D eigenvalue weighted by Gasteiger charge is 2.12. The number of anilines is 1. The third-order valence-corrected chi connectivity index (χ3v) is 2.74. The normalized spacial score (nSPS) is 10.7. The molecular weight excluding hydrogens is 252 g/mol. The van der Waals surface area contributed by atoms with Gasteiger partial charge in [0, 0.05) is 12.7 Å². The van der Waals surface area contributed by atoms with Crippen LogP contribution < -0.4 is 5.32 Å². The highest BCUT2D eigenvalue weighted by atomic mass is 35.5. The second-order valence-electron chi connectivity index (χ2n) is 3.72. The Morgan fingerprint density at radius 1 is 1.22 bits per heavy atom. The number of halogens is 1. The van der Waals surface area contributed by atoms with Gasteiger partial charge >= 0.3 is 0 Å². The zero-order chi connectivity index (χ0) is 13.1. The van der Waals surface area contributed by atoms with Crippen molar-refractivity contribution >= 4 is 17.5 Å². The van der Waals surface area contributed by atoms with Gasteiger partial charge in [-0.3, -0.25) is 0 Å². The molecule has 2 aromatic heterocycles. The molecule has 96 valence electrons. The van der Waals surface area contributed by atoms with Crippen molar-refractivity contribution in [1.29, 1.82) is 0 Å². The van der Waals surface area contributed by atoms with E-state index in [2.05, 4.69) is 45.3 Å². The van der Waals surface area contributed by atoms with E-state index < -0.39 is 0 Å². The minimum Gasteiger partial charge on any atom is -0.357 e. The maximum absolute atomic E-state index is 5.87. The van der Waals surface area contributed by atoms with Gasteiger partial charge in [0.05, 0.1) is 5.69 Å². The molecule has 2 aromatic rings. The average Bonchev–Trinajstić information content (AvgIpc) is 2.81. The molecule has 0 aliphatic heterocycles. The molecule has 0 aliphatic rings. The van der Waals surface area contributed by atoms with Gasteiger partial charge in [0.25, 0.3) is 5.95 Å². The van der Waals surface area contributed by atoms with Gasteiger partial charge in [-0.25, -0.2) is 4.68 Å². The topological polar surface area (TPSA) is 68.5 Å². The number of aromatic nitrogens is 5. The second kappa shape index (κ2) is 5.30. The standard InChI is InChI=1S/C11H15ClN6/c1-4-7-6-8(5-2)18(17-7)11-15-9(12)14-10(13-3)16-11/h6H,4-5H2,1-3H3,(H,13,14,15,16). The molecule has 1 N–H and O–H groups in total. The van der Waals surface area contributed by atoms with Crippen molar-refractivity contribution in [2.24, 2.45) is 0 Å². The summed E-state index contributed by atoms with van der Waals surface area (Å²) in [7, 11) is 1.73. The molecule has 0 unspecified atom stereocenters. The molecule has 0 bridgehead atoms. The molecule has 0 aromatic carbocycles. The molecule has 6 nitrogen and oxygen atoms in total. The van der Waals surface area contributed by atoms with E-state index in [1.54, 1.807) is 11.7 Å². The van der Waals surface area contributed by atoms with Gasteiger partial charge in [0.2, 0.25) is 11.2 Å². The summed E-state index contributed by atoms with van der Waals surface area (Å²) in [4.78, 5) is 12.3. The molecule has 7 heteroatoms. The fourth-order valence-electron chi connectivity index (χ4n) is 1.62. The van der Waals surface area contributed by atoms with Crippen LogP contribution in [-0.4, -0.2) is 31.8 Å². The number of hydrogen-bond acceptors (Lipinski definition) is 5. The Hall–Kier alpha value is -1.69. The molecule has 0 radical (unpaired) electrons. The van der Waals surface area contributed by atoms with Crippen molar-refractivity contribution in [3.05, 3.63) is 22.7 Å². The van der Waals surface area contributed by atoms with Crippen molar-refractivity contribution in [2.75, 3.05) is 12.4 Å². The Bertz CT molecular complexity index is 550. The first-order valence-electron chi connectivity index (χ1n) is 5.85. The fraction of sp³-hybridized carbons (Fsp3) is 0.455. The summed E-state index contributed by atoms with van der Waals surface area (Å²) in [5, 5.41) is 7.46. The predicted molar refractivity (Wildman–Crippen MR) is 70.3 cm³/mol. The molecule has 2 rings (SSSR count). The lowest BCUT2D eigenvalue weighted by molar-refractivity contribution is 0.740. The average molecular weight is 267 g/mol. The third-order valence-electron chi connectivity index (χ3n) is 2.57. The first-order chi connectivity index (χ1) is 8.67. The first kappa shape index (κ1) is 12.8. The summed E-state index contributed by atoms with van der Waals surface area (Å²) in [5.41, 5.74) is 2.06. The lowest BCUT2D eigenvalue weighted by Gasteiger charge is -2.05. The number of nitrogens with one attached hydrogen (secondary N) is 1. The van der Waals surface area contributed by atoms with Gasteiger partial charge < -0.3 is 5.32 Å². The van der Waals surface area contributed by atoms with E-state index in [1.165, 1.54) is 0 Å². The van der Waals surface area contributed by atoms with Crippen LogP contribution in [-0.2, 0) is 12.8 Å². The van der Waals surface area contributed by atoms with Crippen LogP contribution in [0.15, 0.2) is 6.07 Å². The summed E-state index contributed by atoms with van der Waals surface area (Å²) in [6, 6.07) is 2.05. The minimum absolute atomic E-state index is 0.153. The van der Waals surface area contributed by atoms with E-state index >= 15 is 0 Å². The highest BCUT2D eigenvalue weighted by molar-refractivity contribution is 6.28. The lowest BCUT2D eigenvalue weighted by Crippen LogP contribution is -2.10. The summed E-state index contributed by atoms with van der Waals surface area (Å²) in [5.74, 6) is 0.872. The lowest BCUT2D eigenvalue weighted by atomic mass is 10.3. The van der Waals surface area contributed by atoms with Crippen LogP contribution in [0.2, 0.25) is 5.28 Å². The Kier molecular flexibility index (Phi) is 3.76. The number of hydrogen-bond donors (Lipinski definition) is 1. The molecule has 2 heterocycles. The quantitative estimate of drug-likeness (QED) is 0.915. The van der Waals surface area contributed by atoms with Gasteiger partial charge in [0.15, 0.2) is 0 Å². The molecule has 0 spiro atoms. The second-order valence-corrected chi connectivity index (χ2v) is 4.06. The summed E-state index contributed by atoms with van der Waals surface area (Å²) in [6.45, 7) is 4.13. The maximum Gasteiger partial charge on any atom is 0.256 e. The van der Waals surface area contributed by atoms with Crippen LogP contribution in [0.1, 0.15) is 25.2 Å². The molecule has 0 amide bonds. The summed E-state index contributed by atoms with van der Waals surface area (Å²) in [6.07, 6.45) is 1.73. The third kappa shape index (κ3) is 2.43. The predicted octanol–water partition coefficient (Wildman–Crippen LogP) is 1.88. The first-order valence-corrected chi connectivity index (χ1v) is 6.23. The highest BCUT2D eigenvalue weighted by Crippen LogP contribution is 2.13. The Morgan fingerprint density at radius 3 is 2.61 bits per heavy atom. The molecular formula is C11H15ClN6. The zero-order valence-electron chi connectivity index (χ0n) is 10.6. The van der Waals surface area contributed by atoms with Crippen LogP contribution in [0.3, 0.4) is 0 Å². The van der Waals surface area contributed by atoms with Gasteiger partial charge in [0.1, 0.15) is 0 Å². The van der Waals surface area contributed by atoms with Crippen LogP contribution in [0.5, 0.6) is 0 Å². The zero-order valence-corrected chi connectivity index (χ0v) is 11.4. The summed E-state index contributed by atoms with van der Waals surface area (Å²) < 4.78 is 1.72. The number of nitrogens with zero attached hydrogens (tertiary/aromatic N) is 5. The van der Waals surface area contributed by atoms with E-state index in [0.29, 0.717) is 11.9 Å². The van der Waals surface area contributed by atoms with Gasteiger partial charge in [-0.1, -0.05) is 13.8 Å². The van der Waals surface area contributed by atoms with E-state index in [0.717, 1.165) is 24.2 Å². The van der Waals surface area contributed by atoms with Crippen molar-refractivity contribution in [3.8, 4) is 5.95 Å². The molecule has 0 saturated carbocycles. The smallest absolute Gasteiger partial charge is 0.256 e. The van der Waals surface area contributed by atoms with E-state index in [9.17, 15) is 0 Å². The van der Waals surface area contributed by atoms with E-state index in [4.69, 9.17) is 11.6 Å². The fourth-order valence-corrected chi connectivity index (χ4v) is 1.77. The maximum atomic E-state index is 5.87. The van der Waals surface area contributed by atoms with Crippen molar-refractivity contribution in [3.63, 3.8) is 0 Å². The molecule has 0 atom stereocenters. The van der Waals surface area contributed by atoms with E-state index in [1.807, 2.05) is 0 Å². The van der Waals surface area contributed by atoms with Crippen LogP contribution in [0.25, 0.3) is 5.95 Å².